The van der Waals surface area contributed by atoms with Crippen LogP contribution in [0.2, 0.25) is 0 Å². The average Bonchev–Trinajstić information content (AvgIpc) is 2.91. The summed E-state index contributed by atoms with van der Waals surface area (Å²) in [7, 11) is 0. The molecule has 0 saturated heterocycles. The summed E-state index contributed by atoms with van der Waals surface area (Å²) in [5.41, 5.74) is 3.95. The molecule has 0 radical (unpaired) electrons. The van der Waals surface area contributed by atoms with Crippen molar-refractivity contribution >= 4 is 5.91 Å². The van der Waals surface area contributed by atoms with Gasteiger partial charge < -0.3 is 4.90 Å². The number of nitrogens with zero attached hydrogens (tertiary/aromatic N) is 4. The van der Waals surface area contributed by atoms with Crippen LogP contribution in [0.1, 0.15) is 21.6 Å². The topological polar surface area (TPSA) is 59.0 Å². The number of carbonyl (C=O) groups excluding carboxylic acids is 1. The van der Waals surface area contributed by atoms with Gasteiger partial charge in [-0.15, -0.1) is 0 Å². The van der Waals surface area contributed by atoms with Crippen LogP contribution in [-0.2, 0) is 12.8 Å². The highest BCUT2D eigenvalue weighted by molar-refractivity contribution is 5.94. The smallest absolute Gasteiger partial charge is 0.255 e. The molecule has 130 valence electrons. The fraction of sp³-hybridized carbons (Fsp3) is 0.200. The van der Waals surface area contributed by atoms with Crippen LogP contribution in [0.4, 0.5) is 4.39 Å². The Balaban J connectivity index is 1.63. The van der Waals surface area contributed by atoms with Crippen molar-refractivity contribution in [2.75, 3.05) is 13.1 Å². The Kier molecular flexibility index (Phi) is 4.39. The van der Waals surface area contributed by atoms with Gasteiger partial charge in [-0.1, -0.05) is 12.1 Å². The second kappa shape index (κ2) is 7.00. The van der Waals surface area contributed by atoms with Gasteiger partial charge in [0.25, 0.3) is 5.91 Å². The molecule has 0 unspecified atom stereocenters. The minimum Gasteiger partial charge on any atom is -0.338 e. The van der Waals surface area contributed by atoms with Crippen LogP contribution in [-0.4, -0.2) is 38.8 Å². The SMILES string of the molecule is O=C(c1cccnc1)N1CCc2ncnc(-c3cccc(F)c3)c2CC1. The highest BCUT2D eigenvalue weighted by atomic mass is 19.1. The summed E-state index contributed by atoms with van der Waals surface area (Å²) in [6.07, 6.45) is 6.02. The van der Waals surface area contributed by atoms with Crippen LogP contribution in [0, 0.1) is 5.82 Å². The summed E-state index contributed by atoms with van der Waals surface area (Å²) in [6, 6.07) is 9.94. The quantitative estimate of drug-likeness (QED) is 0.714. The maximum Gasteiger partial charge on any atom is 0.255 e. The first-order chi connectivity index (χ1) is 12.7. The Morgan fingerprint density at radius 2 is 1.96 bits per heavy atom. The molecule has 0 saturated carbocycles. The maximum absolute atomic E-state index is 13.6. The summed E-state index contributed by atoms with van der Waals surface area (Å²) in [4.78, 5) is 27.3. The van der Waals surface area contributed by atoms with E-state index in [4.69, 9.17) is 0 Å². The van der Waals surface area contributed by atoms with E-state index in [1.807, 2.05) is 11.0 Å². The van der Waals surface area contributed by atoms with Gasteiger partial charge >= 0.3 is 0 Å². The van der Waals surface area contributed by atoms with Gasteiger partial charge in [-0.2, -0.15) is 0 Å². The molecule has 0 spiro atoms. The first-order valence-corrected chi connectivity index (χ1v) is 8.50. The standard InChI is InChI=1S/C20H17FN4O/c21-16-5-1-3-14(11-16)19-17-6-9-25(10-7-18(17)23-13-24-19)20(26)15-4-2-8-22-12-15/h1-5,8,11-13H,6-7,9-10H2. The number of hydrogen-bond donors (Lipinski definition) is 0. The molecule has 0 fully saturated rings. The third-order valence-corrected chi connectivity index (χ3v) is 4.58. The highest BCUT2D eigenvalue weighted by Crippen LogP contribution is 2.26. The number of benzene rings is 1. The summed E-state index contributed by atoms with van der Waals surface area (Å²) in [5.74, 6) is -0.331. The maximum atomic E-state index is 13.6. The fourth-order valence-electron chi connectivity index (χ4n) is 3.29. The molecule has 0 N–H and O–H groups in total. The molecule has 26 heavy (non-hydrogen) atoms. The van der Waals surface area contributed by atoms with E-state index >= 15 is 0 Å². The summed E-state index contributed by atoms with van der Waals surface area (Å²) < 4.78 is 13.6. The minimum atomic E-state index is -0.295. The van der Waals surface area contributed by atoms with Crippen molar-refractivity contribution in [3.63, 3.8) is 0 Å². The number of hydrogen-bond acceptors (Lipinski definition) is 4. The lowest BCUT2D eigenvalue weighted by Gasteiger charge is -2.20. The van der Waals surface area contributed by atoms with E-state index in [2.05, 4.69) is 15.0 Å². The lowest BCUT2D eigenvalue weighted by molar-refractivity contribution is 0.0762. The lowest BCUT2D eigenvalue weighted by Crippen LogP contribution is -2.33. The number of aromatic nitrogens is 3. The van der Waals surface area contributed by atoms with Crippen LogP contribution >= 0.6 is 0 Å². The van der Waals surface area contributed by atoms with Gasteiger partial charge in [0.2, 0.25) is 0 Å². The molecule has 1 aromatic carbocycles. The number of pyridine rings is 1. The minimum absolute atomic E-state index is 0.0360. The van der Waals surface area contributed by atoms with Crippen molar-refractivity contribution < 1.29 is 9.18 Å². The van der Waals surface area contributed by atoms with Gasteiger partial charge in [-0.25, -0.2) is 14.4 Å². The summed E-state index contributed by atoms with van der Waals surface area (Å²) >= 11 is 0. The molecule has 5 nitrogen and oxygen atoms in total. The van der Waals surface area contributed by atoms with E-state index in [0.29, 0.717) is 31.5 Å². The van der Waals surface area contributed by atoms with Gasteiger partial charge in [-0.3, -0.25) is 9.78 Å². The fourth-order valence-corrected chi connectivity index (χ4v) is 3.29. The molecule has 3 aromatic rings. The second-order valence-corrected chi connectivity index (χ2v) is 6.19. The van der Waals surface area contributed by atoms with E-state index in [0.717, 1.165) is 22.5 Å². The highest BCUT2D eigenvalue weighted by Gasteiger charge is 2.23. The van der Waals surface area contributed by atoms with Crippen LogP contribution < -0.4 is 0 Å². The normalized spacial score (nSPS) is 13.8. The molecule has 1 amide bonds. The van der Waals surface area contributed by atoms with Crippen LogP contribution in [0.15, 0.2) is 55.1 Å². The van der Waals surface area contributed by atoms with E-state index in [1.54, 1.807) is 30.6 Å². The first-order valence-electron chi connectivity index (χ1n) is 8.50. The van der Waals surface area contributed by atoms with Crippen LogP contribution in [0.25, 0.3) is 11.3 Å². The zero-order chi connectivity index (χ0) is 17.9. The number of amides is 1. The van der Waals surface area contributed by atoms with Gasteiger partial charge in [-0.05, 0) is 30.7 Å². The average molecular weight is 348 g/mol. The number of carbonyl (C=O) groups is 1. The Morgan fingerprint density at radius 1 is 1.08 bits per heavy atom. The largest absolute Gasteiger partial charge is 0.338 e. The predicted molar refractivity (Wildman–Crippen MR) is 95.0 cm³/mol. The number of halogens is 1. The number of fused-ring (bicyclic) bond motifs is 1. The van der Waals surface area contributed by atoms with Gasteiger partial charge in [0, 0.05) is 48.7 Å². The zero-order valence-corrected chi connectivity index (χ0v) is 14.1. The van der Waals surface area contributed by atoms with Crippen LogP contribution in [0.5, 0.6) is 0 Å². The van der Waals surface area contributed by atoms with E-state index in [9.17, 15) is 9.18 Å². The first kappa shape index (κ1) is 16.3. The van der Waals surface area contributed by atoms with E-state index in [-0.39, 0.29) is 11.7 Å². The monoisotopic (exact) mass is 348 g/mol. The summed E-state index contributed by atoms with van der Waals surface area (Å²) in [5, 5.41) is 0. The van der Waals surface area contributed by atoms with Crippen molar-refractivity contribution in [3.8, 4) is 11.3 Å². The summed E-state index contributed by atoms with van der Waals surface area (Å²) in [6.45, 7) is 1.15. The molecular formula is C20H17FN4O. The van der Waals surface area contributed by atoms with Crippen molar-refractivity contribution in [1.29, 1.82) is 0 Å². The molecule has 2 aromatic heterocycles. The van der Waals surface area contributed by atoms with Crippen molar-refractivity contribution in [1.82, 2.24) is 19.9 Å². The number of rotatable bonds is 2. The third kappa shape index (κ3) is 3.18. The predicted octanol–water partition coefficient (Wildman–Crippen LogP) is 2.92. The molecule has 0 atom stereocenters. The lowest BCUT2D eigenvalue weighted by atomic mass is 10.0. The molecule has 6 heteroatoms. The Bertz CT molecular complexity index is 946. The molecule has 3 heterocycles. The van der Waals surface area contributed by atoms with Gasteiger partial charge in [0.15, 0.2) is 0 Å². The molecular weight excluding hydrogens is 331 g/mol. The van der Waals surface area contributed by atoms with Crippen molar-refractivity contribution in [3.05, 3.63) is 77.8 Å². The van der Waals surface area contributed by atoms with E-state index in [1.165, 1.54) is 18.5 Å². The molecule has 4 rings (SSSR count). The molecule has 0 aliphatic carbocycles. The Hall–Kier alpha value is -3.15. The molecule has 1 aliphatic rings. The Labute approximate surface area is 150 Å². The molecule has 1 aliphatic heterocycles. The second-order valence-electron chi connectivity index (χ2n) is 6.19. The third-order valence-electron chi connectivity index (χ3n) is 4.58. The van der Waals surface area contributed by atoms with Crippen molar-refractivity contribution in [2.24, 2.45) is 0 Å². The Morgan fingerprint density at radius 3 is 2.77 bits per heavy atom. The van der Waals surface area contributed by atoms with Gasteiger partial charge in [0.05, 0.1) is 11.3 Å². The van der Waals surface area contributed by atoms with Crippen LogP contribution in [0.3, 0.4) is 0 Å². The zero-order valence-electron chi connectivity index (χ0n) is 14.1. The van der Waals surface area contributed by atoms with Crippen molar-refractivity contribution in [2.45, 2.75) is 12.8 Å². The van der Waals surface area contributed by atoms with Gasteiger partial charge in [0.1, 0.15) is 12.1 Å². The molecule has 0 bridgehead atoms. The van der Waals surface area contributed by atoms with E-state index < -0.39 is 0 Å².